The molecule has 4 saturated carbocycles. The van der Waals surface area contributed by atoms with Crippen molar-refractivity contribution < 1.29 is 9.59 Å². The molecular formula is C37H67N5O2. The summed E-state index contributed by atoms with van der Waals surface area (Å²) in [6, 6.07) is -0.138. The van der Waals surface area contributed by atoms with E-state index in [1.165, 1.54) is 64.2 Å². The van der Waals surface area contributed by atoms with Crippen LogP contribution in [0, 0.1) is 40.4 Å². The Hall–Kier alpha value is -1.18. The number of nitrogens with zero attached hydrogens (tertiary/aromatic N) is 3. The van der Waals surface area contributed by atoms with Gasteiger partial charge < -0.3 is 25.3 Å². The molecule has 0 aromatic rings. The van der Waals surface area contributed by atoms with Gasteiger partial charge in [0, 0.05) is 32.1 Å². The van der Waals surface area contributed by atoms with Crippen molar-refractivity contribution in [2.75, 3.05) is 60.9 Å². The Bertz CT molecular complexity index is 958. The Kier molecular flexibility index (Phi) is 11.4. The molecule has 4 aliphatic carbocycles. The molecule has 7 heteroatoms. The molecule has 5 aliphatic rings. The van der Waals surface area contributed by atoms with E-state index in [0.29, 0.717) is 36.1 Å². The van der Waals surface area contributed by atoms with Crippen LogP contribution in [0.5, 0.6) is 0 Å². The highest BCUT2D eigenvalue weighted by Gasteiger charge is 2.59. The average Bonchev–Trinajstić information content (AvgIpc) is 3.58. The molecule has 9 atom stereocenters. The number of hydrogen-bond acceptors (Lipinski definition) is 5. The van der Waals surface area contributed by atoms with Crippen LogP contribution in [-0.4, -0.2) is 99.5 Å². The van der Waals surface area contributed by atoms with Gasteiger partial charge in [-0.05, 0) is 159 Å². The van der Waals surface area contributed by atoms with Crippen molar-refractivity contribution in [3.8, 4) is 0 Å². The third kappa shape index (κ3) is 7.51. The van der Waals surface area contributed by atoms with Gasteiger partial charge in [-0.1, -0.05) is 26.7 Å². The van der Waals surface area contributed by atoms with Gasteiger partial charge in [0.1, 0.15) is 0 Å². The number of carbonyl (C=O) groups is 2. The van der Waals surface area contributed by atoms with Crippen molar-refractivity contribution >= 4 is 11.8 Å². The van der Waals surface area contributed by atoms with Crippen LogP contribution in [0.3, 0.4) is 0 Å². The standard InChI is InChI=1S/C37H67N5O2/c1-36-19-8-7-11-27(36)12-15-30-31-16-13-28(37(31,2)20-18-32(30)36)14-17-34(43)39-29-25-33(38-26-29)35(44)42(23-9-21-40(3)4)24-10-22-41(5)6/h27-33,38H,7-26H2,1-6H3,(H,39,43)/t27?,28?,29-,30?,31?,32?,33-,36-,37+/m0/s1. The molecule has 0 radical (unpaired) electrons. The van der Waals surface area contributed by atoms with Crippen LogP contribution >= 0.6 is 0 Å². The molecule has 5 rings (SSSR count). The quantitative estimate of drug-likeness (QED) is 0.292. The van der Waals surface area contributed by atoms with E-state index >= 15 is 0 Å². The van der Waals surface area contributed by atoms with Gasteiger partial charge in [-0.2, -0.15) is 0 Å². The Morgan fingerprint density at radius 1 is 0.795 bits per heavy atom. The molecule has 5 fully saturated rings. The summed E-state index contributed by atoms with van der Waals surface area (Å²) in [5.74, 6) is 4.81. The van der Waals surface area contributed by atoms with Crippen LogP contribution in [-0.2, 0) is 9.59 Å². The lowest BCUT2D eigenvalue weighted by molar-refractivity contribution is -0.133. The minimum atomic E-state index is -0.190. The third-order valence-electron chi connectivity index (χ3n) is 13.7. The normalized spacial score (nSPS) is 38.3. The van der Waals surface area contributed by atoms with Crippen LogP contribution in [0.25, 0.3) is 0 Å². The van der Waals surface area contributed by atoms with Crippen LogP contribution in [0.1, 0.15) is 110 Å². The molecule has 5 unspecified atom stereocenters. The molecule has 44 heavy (non-hydrogen) atoms. The molecule has 1 heterocycles. The molecule has 0 aromatic carbocycles. The Labute approximate surface area is 270 Å². The number of carbonyl (C=O) groups excluding carboxylic acids is 2. The first-order valence-corrected chi connectivity index (χ1v) is 18.6. The zero-order valence-corrected chi connectivity index (χ0v) is 29.3. The van der Waals surface area contributed by atoms with Gasteiger partial charge in [0.25, 0.3) is 0 Å². The predicted molar refractivity (Wildman–Crippen MR) is 180 cm³/mol. The van der Waals surface area contributed by atoms with E-state index in [9.17, 15) is 9.59 Å². The lowest BCUT2D eigenvalue weighted by Gasteiger charge is -2.60. The number of fused-ring (bicyclic) bond motifs is 5. The van der Waals surface area contributed by atoms with E-state index in [2.05, 4.69) is 67.4 Å². The highest BCUT2D eigenvalue weighted by atomic mass is 16.2. The van der Waals surface area contributed by atoms with Gasteiger partial charge in [-0.15, -0.1) is 0 Å². The maximum absolute atomic E-state index is 13.5. The van der Waals surface area contributed by atoms with Crippen molar-refractivity contribution in [3.05, 3.63) is 0 Å². The van der Waals surface area contributed by atoms with Gasteiger partial charge in [-0.3, -0.25) is 9.59 Å². The molecule has 252 valence electrons. The van der Waals surface area contributed by atoms with E-state index < -0.39 is 0 Å². The van der Waals surface area contributed by atoms with Crippen molar-refractivity contribution in [3.63, 3.8) is 0 Å². The van der Waals surface area contributed by atoms with Crippen LogP contribution in [0.15, 0.2) is 0 Å². The van der Waals surface area contributed by atoms with Crippen LogP contribution < -0.4 is 10.6 Å². The molecular weight excluding hydrogens is 546 g/mol. The van der Waals surface area contributed by atoms with E-state index in [-0.39, 0.29) is 23.9 Å². The van der Waals surface area contributed by atoms with Gasteiger partial charge >= 0.3 is 0 Å². The largest absolute Gasteiger partial charge is 0.352 e. The number of amides is 2. The predicted octanol–water partition coefficient (Wildman–Crippen LogP) is 5.39. The topological polar surface area (TPSA) is 67.9 Å². The van der Waals surface area contributed by atoms with Crippen molar-refractivity contribution in [2.24, 2.45) is 40.4 Å². The lowest BCUT2D eigenvalue weighted by atomic mass is 9.45. The van der Waals surface area contributed by atoms with Gasteiger partial charge in [0.2, 0.25) is 11.8 Å². The fourth-order valence-corrected chi connectivity index (χ4v) is 11.2. The molecule has 1 saturated heterocycles. The highest BCUT2D eigenvalue weighted by molar-refractivity contribution is 5.83. The Morgan fingerprint density at radius 2 is 1.50 bits per heavy atom. The first kappa shape index (κ1) is 34.2. The van der Waals surface area contributed by atoms with Crippen molar-refractivity contribution in [2.45, 2.75) is 122 Å². The summed E-state index contributed by atoms with van der Waals surface area (Å²) in [4.78, 5) is 33.2. The SMILES string of the molecule is CN(C)CCCN(CCCN(C)C)C(=O)[C@@H]1C[C@H](NC(=O)CCC2CCC3C4CCC5CCCC[C@]5(C)C4CC[C@]23C)CN1. The fourth-order valence-electron chi connectivity index (χ4n) is 11.2. The fraction of sp³-hybridized carbons (Fsp3) is 0.946. The highest BCUT2D eigenvalue weighted by Crippen LogP contribution is 2.67. The van der Waals surface area contributed by atoms with E-state index in [1.807, 2.05) is 0 Å². The summed E-state index contributed by atoms with van der Waals surface area (Å²) in [7, 11) is 8.34. The first-order valence-electron chi connectivity index (χ1n) is 18.6. The Balaban J connectivity index is 1.08. The summed E-state index contributed by atoms with van der Waals surface area (Å²) >= 11 is 0. The summed E-state index contributed by atoms with van der Waals surface area (Å²) in [6.45, 7) is 9.53. The average molecular weight is 614 g/mol. The molecule has 0 aromatic heterocycles. The molecule has 0 bridgehead atoms. The van der Waals surface area contributed by atoms with E-state index in [4.69, 9.17) is 0 Å². The number of hydrogen-bond donors (Lipinski definition) is 2. The zero-order chi connectivity index (χ0) is 31.5. The molecule has 7 nitrogen and oxygen atoms in total. The van der Waals surface area contributed by atoms with Crippen molar-refractivity contribution in [1.29, 1.82) is 0 Å². The molecule has 2 N–H and O–H groups in total. The molecule has 0 spiro atoms. The lowest BCUT2D eigenvalue weighted by Crippen LogP contribution is -2.52. The second-order valence-electron chi connectivity index (χ2n) is 16.9. The number of rotatable bonds is 13. The van der Waals surface area contributed by atoms with Gasteiger partial charge in [-0.25, -0.2) is 0 Å². The third-order valence-corrected chi connectivity index (χ3v) is 13.7. The maximum Gasteiger partial charge on any atom is 0.239 e. The van der Waals surface area contributed by atoms with E-state index in [1.54, 1.807) is 0 Å². The minimum Gasteiger partial charge on any atom is -0.352 e. The second-order valence-corrected chi connectivity index (χ2v) is 16.9. The summed E-state index contributed by atoms with van der Waals surface area (Å²) in [5.41, 5.74) is 1.03. The van der Waals surface area contributed by atoms with Gasteiger partial charge in [0.05, 0.1) is 6.04 Å². The maximum atomic E-state index is 13.5. The van der Waals surface area contributed by atoms with Gasteiger partial charge in [0.15, 0.2) is 0 Å². The minimum absolute atomic E-state index is 0.0515. The summed E-state index contributed by atoms with van der Waals surface area (Å²) in [5, 5.41) is 6.78. The van der Waals surface area contributed by atoms with Crippen LogP contribution in [0.4, 0.5) is 0 Å². The second kappa shape index (κ2) is 14.7. The summed E-state index contributed by atoms with van der Waals surface area (Å²) in [6.07, 6.45) is 18.7. The first-order chi connectivity index (χ1) is 21.0. The Morgan fingerprint density at radius 3 is 2.20 bits per heavy atom. The molecule has 1 aliphatic heterocycles. The number of nitrogens with one attached hydrogen (secondary N) is 2. The zero-order valence-electron chi connectivity index (χ0n) is 29.3. The smallest absolute Gasteiger partial charge is 0.239 e. The van der Waals surface area contributed by atoms with Crippen LogP contribution in [0.2, 0.25) is 0 Å². The molecule has 2 amide bonds. The van der Waals surface area contributed by atoms with E-state index in [0.717, 1.165) is 69.1 Å². The summed E-state index contributed by atoms with van der Waals surface area (Å²) < 4.78 is 0. The van der Waals surface area contributed by atoms with Crippen molar-refractivity contribution in [1.82, 2.24) is 25.3 Å². The monoisotopic (exact) mass is 614 g/mol.